The van der Waals surface area contributed by atoms with Gasteiger partial charge >= 0.3 is 0 Å². The first kappa shape index (κ1) is 29.9. The number of aromatic nitrogens is 4. The van der Waals surface area contributed by atoms with Gasteiger partial charge in [-0.15, -0.1) is 6.58 Å². The number of allylic oxidation sites excluding steroid dienone is 1. The van der Waals surface area contributed by atoms with Crippen molar-refractivity contribution in [3.63, 3.8) is 0 Å². The maximum atomic E-state index is 10.8. The fourth-order valence-corrected chi connectivity index (χ4v) is 4.61. The van der Waals surface area contributed by atoms with Gasteiger partial charge in [0.2, 0.25) is 12.4 Å². The molecule has 1 aliphatic heterocycles. The summed E-state index contributed by atoms with van der Waals surface area (Å²) in [6.45, 7) is 12.4. The Balaban J connectivity index is 0.00000129. The minimum Gasteiger partial charge on any atom is -0.457 e. The number of amides is 1. The molecule has 42 heavy (non-hydrogen) atoms. The molecule has 0 spiro atoms. The van der Waals surface area contributed by atoms with Gasteiger partial charge in [0, 0.05) is 45.0 Å². The van der Waals surface area contributed by atoms with Gasteiger partial charge in [0.1, 0.15) is 28.9 Å². The number of nitrogens with one attached hydrogen (secondary N) is 2. The Morgan fingerprint density at radius 3 is 2.55 bits per heavy atom. The van der Waals surface area contributed by atoms with Gasteiger partial charge < -0.3 is 25.2 Å². The van der Waals surface area contributed by atoms with Gasteiger partial charge in [-0.3, -0.25) is 9.79 Å². The van der Waals surface area contributed by atoms with Crippen LogP contribution in [-0.4, -0.2) is 66.3 Å². The average Bonchev–Trinajstić information content (AvgIpc) is 2.99. The Bertz CT molecular complexity index is 1550. The minimum absolute atomic E-state index is 0.188. The van der Waals surface area contributed by atoms with Gasteiger partial charge in [-0.05, 0) is 69.3 Å². The molecule has 2 aromatic heterocycles. The summed E-state index contributed by atoms with van der Waals surface area (Å²) in [7, 11) is 3.93. The van der Waals surface area contributed by atoms with Crippen molar-refractivity contribution in [1.82, 2.24) is 25.3 Å². The molecule has 4 aromatic rings. The number of aliphatic imine (C=N–C) groups is 1. The first-order valence-corrected chi connectivity index (χ1v) is 13.7. The van der Waals surface area contributed by atoms with Crippen LogP contribution in [-0.2, 0) is 4.79 Å². The van der Waals surface area contributed by atoms with Crippen molar-refractivity contribution in [2.45, 2.75) is 32.7 Å². The van der Waals surface area contributed by atoms with Crippen LogP contribution in [0.3, 0.4) is 0 Å². The number of piperidine rings is 1. The topological polar surface area (TPSA) is 121 Å². The third-order valence-electron chi connectivity index (χ3n) is 6.71. The summed E-state index contributed by atoms with van der Waals surface area (Å²) >= 11 is 0. The zero-order chi connectivity index (χ0) is 30.1. The molecule has 3 heterocycles. The van der Waals surface area contributed by atoms with Gasteiger partial charge in [-0.1, -0.05) is 6.08 Å². The predicted octanol–water partition coefficient (Wildman–Crippen LogP) is 5.57. The normalized spacial score (nSPS) is 13.0. The third-order valence-corrected chi connectivity index (χ3v) is 6.71. The number of nitrogens with zero attached hydrogens (tertiary/aromatic N) is 7. The molecule has 1 amide bonds. The molecule has 0 aliphatic carbocycles. The lowest BCUT2D eigenvalue weighted by Gasteiger charge is -2.31. The fourth-order valence-electron chi connectivity index (χ4n) is 4.61. The Hall–Kier alpha value is -5.06. The van der Waals surface area contributed by atoms with E-state index in [0.717, 1.165) is 60.7 Å². The second-order valence-corrected chi connectivity index (χ2v) is 9.99. The lowest BCUT2D eigenvalue weighted by Crippen LogP contribution is -2.42. The molecule has 1 saturated heterocycles. The number of hydrogen-bond donors (Lipinski definition) is 2. The smallest absolute Gasteiger partial charge is 0.226 e. The van der Waals surface area contributed by atoms with Gasteiger partial charge in [0.15, 0.2) is 5.82 Å². The average molecular weight is 568 g/mol. The van der Waals surface area contributed by atoms with Crippen LogP contribution in [0.25, 0.3) is 11.0 Å². The Labute approximate surface area is 246 Å². The monoisotopic (exact) mass is 567 g/mol. The van der Waals surface area contributed by atoms with Gasteiger partial charge in [0.05, 0.1) is 17.6 Å². The van der Waals surface area contributed by atoms with E-state index in [-0.39, 0.29) is 6.04 Å². The summed E-state index contributed by atoms with van der Waals surface area (Å²) in [5.74, 6) is 2.63. The summed E-state index contributed by atoms with van der Waals surface area (Å²) in [6, 6.07) is 11.8. The molecule has 2 aromatic carbocycles. The summed E-state index contributed by atoms with van der Waals surface area (Å²) in [5.41, 5.74) is 4.81. The molecular weight excluding hydrogens is 530 g/mol. The highest BCUT2D eigenvalue weighted by molar-refractivity contribution is 5.87. The number of benzene rings is 2. The van der Waals surface area contributed by atoms with Crippen molar-refractivity contribution < 1.29 is 9.53 Å². The van der Waals surface area contributed by atoms with Crippen LogP contribution in [0.5, 0.6) is 11.5 Å². The second-order valence-electron chi connectivity index (χ2n) is 9.99. The highest BCUT2D eigenvalue weighted by atomic mass is 16.5. The SMILES string of the molecule is C=CC.C=Nc1cc(Oc2ccc(Nc3ncnc4cnc(N5CCC(NC=O)CC5)nc34)cc2C)ccc1N(C)C. The predicted molar refractivity (Wildman–Crippen MR) is 170 cm³/mol. The van der Waals surface area contributed by atoms with E-state index in [1.165, 1.54) is 6.33 Å². The number of carbonyl (C=O) groups excluding carboxylic acids is 1. The van der Waals surface area contributed by atoms with Crippen molar-refractivity contribution in [2.24, 2.45) is 4.99 Å². The van der Waals surface area contributed by atoms with Crippen LogP contribution < -0.4 is 25.2 Å². The summed E-state index contributed by atoms with van der Waals surface area (Å²) < 4.78 is 6.16. The van der Waals surface area contributed by atoms with Crippen LogP contribution in [0.1, 0.15) is 25.3 Å². The zero-order valence-corrected chi connectivity index (χ0v) is 24.5. The van der Waals surface area contributed by atoms with Crippen molar-refractivity contribution in [2.75, 3.05) is 42.3 Å². The van der Waals surface area contributed by atoms with Gasteiger partial charge in [0.25, 0.3) is 0 Å². The highest BCUT2D eigenvalue weighted by Crippen LogP contribution is 2.35. The minimum atomic E-state index is 0.188. The molecule has 0 unspecified atom stereocenters. The second kappa shape index (κ2) is 14.0. The molecule has 0 radical (unpaired) electrons. The number of aryl methyl sites for hydroxylation is 1. The van der Waals surface area contributed by atoms with E-state index in [0.29, 0.717) is 28.5 Å². The van der Waals surface area contributed by atoms with Gasteiger partial charge in [-0.2, -0.15) is 0 Å². The number of carbonyl (C=O) groups is 1. The fraction of sp³-hybridized carbons (Fsp3) is 0.290. The molecule has 5 rings (SSSR count). The van der Waals surface area contributed by atoms with Crippen LogP contribution in [0.4, 0.5) is 28.8 Å². The van der Waals surface area contributed by atoms with E-state index in [9.17, 15) is 4.79 Å². The largest absolute Gasteiger partial charge is 0.457 e. The number of rotatable bonds is 9. The molecule has 0 bridgehead atoms. The Morgan fingerprint density at radius 2 is 1.88 bits per heavy atom. The van der Waals surface area contributed by atoms with E-state index in [4.69, 9.17) is 9.72 Å². The zero-order valence-electron chi connectivity index (χ0n) is 24.5. The Morgan fingerprint density at radius 1 is 1.12 bits per heavy atom. The van der Waals surface area contributed by atoms with Crippen LogP contribution in [0, 0.1) is 6.92 Å². The van der Waals surface area contributed by atoms with Crippen LogP contribution >= 0.6 is 0 Å². The number of hydrogen-bond acceptors (Lipinski definition) is 10. The molecule has 218 valence electrons. The molecule has 0 atom stereocenters. The van der Waals surface area contributed by atoms with Crippen molar-refractivity contribution in [3.8, 4) is 11.5 Å². The van der Waals surface area contributed by atoms with Crippen molar-refractivity contribution in [1.29, 1.82) is 0 Å². The van der Waals surface area contributed by atoms with E-state index in [2.05, 4.69) is 48.8 Å². The maximum Gasteiger partial charge on any atom is 0.226 e. The van der Waals surface area contributed by atoms with E-state index >= 15 is 0 Å². The van der Waals surface area contributed by atoms with E-state index < -0.39 is 0 Å². The number of anilines is 4. The lowest BCUT2D eigenvalue weighted by molar-refractivity contribution is -0.110. The molecular formula is C31H37N9O2. The number of ether oxygens (including phenoxy) is 1. The first-order chi connectivity index (χ1) is 20.4. The molecule has 11 nitrogen and oxygen atoms in total. The van der Waals surface area contributed by atoms with Gasteiger partial charge in [-0.25, -0.2) is 19.9 Å². The van der Waals surface area contributed by atoms with Crippen LogP contribution in [0.15, 0.2) is 66.6 Å². The standard InChI is InChI=1S/C28H31N9O2.C3H6/c1-18-13-20(5-8-25(18)39-21-6-7-24(36(3)4)22(14-21)29-2)34-27-26-23(31-16-32-27)15-30-28(35-26)37-11-9-19(10-12-37)33-17-38;1-3-2/h5-8,13-17,19H,2,9-12H2,1,3-4H3,(H,33,38)(H,31,32,34);3H,1H2,2H3. The maximum absolute atomic E-state index is 10.8. The van der Waals surface area contributed by atoms with Crippen molar-refractivity contribution >= 4 is 53.0 Å². The molecule has 1 aliphatic rings. The molecule has 11 heteroatoms. The highest BCUT2D eigenvalue weighted by Gasteiger charge is 2.21. The summed E-state index contributed by atoms with van der Waals surface area (Å²) in [5, 5.41) is 6.24. The molecule has 1 fully saturated rings. The summed E-state index contributed by atoms with van der Waals surface area (Å²) in [6.07, 6.45) is 7.42. The molecule has 2 N–H and O–H groups in total. The van der Waals surface area contributed by atoms with E-state index in [1.807, 2.05) is 69.2 Å². The van der Waals surface area contributed by atoms with E-state index in [1.54, 1.807) is 12.3 Å². The quantitative estimate of drug-likeness (QED) is 0.152. The number of fused-ring (bicyclic) bond motifs is 1. The molecule has 0 saturated carbocycles. The van der Waals surface area contributed by atoms with Crippen molar-refractivity contribution in [3.05, 3.63) is 67.1 Å². The lowest BCUT2D eigenvalue weighted by atomic mass is 10.1. The summed E-state index contributed by atoms with van der Waals surface area (Å²) in [4.78, 5) is 37.1. The third kappa shape index (κ3) is 7.17. The van der Waals surface area contributed by atoms with Crippen LogP contribution in [0.2, 0.25) is 0 Å². The Kier molecular flexibility index (Phi) is 9.99. The first-order valence-electron chi connectivity index (χ1n) is 13.7.